The normalized spacial score (nSPS) is 10.4. The summed E-state index contributed by atoms with van der Waals surface area (Å²) in [5.74, 6) is 0.819. The number of thiazole rings is 1. The largest absolute Gasteiger partial charge is 0.496 e. The van der Waals surface area contributed by atoms with Crippen molar-refractivity contribution in [3.63, 3.8) is 0 Å². The third-order valence-electron chi connectivity index (χ3n) is 3.12. The van der Waals surface area contributed by atoms with E-state index < -0.39 is 0 Å². The molecule has 20 heavy (non-hydrogen) atoms. The molecule has 4 nitrogen and oxygen atoms in total. The van der Waals surface area contributed by atoms with Gasteiger partial charge in [0.2, 0.25) is 0 Å². The first-order valence-corrected chi connectivity index (χ1v) is 6.91. The number of benzene rings is 1. The Bertz CT molecular complexity index is 833. The van der Waals surface area contributed by atoms with E-state index in [2.05, 4.69) is 9.97 Å². The lowest BCUT2D eigenvalue weighted by atomic mass is 10.1. The molecule has 1 aromatic carbocycles. The number of ether oxygens (including phenoxy) is 1. The number of rotatable bonds is 2. The number of nitriles is 1. The van der Waals surface area contributed by atoms with Gasteiger partial charge in [0.05, 0.1) is 18.3 Å². The molecule has 0 radical (unpaired) electrons. The predicted molar refractivity (Wildman–Crippen MR) is 78.9 cm³/mol. The summed E-state index contributed by atoms with van der Waals surface area (Å²) in [7, 11) is 1.65. The van der Waals surface area contributed by atoms with Gasteiger partial charge in [-0.3, -0.25) is 0 Å². The predicted octanol–water partition coefficient (Wildman–Crippen LogP) is 3.55. The van der Waals surface area contributed by atoms with Gasteiger partial charge in [0.15, 0.2) is 5.69 Å². The lowest BCUT2D eigenvalue weighted by Gasteiger charge is -2.08. The highest BCUT2D eigenvalue weighted by molar-refractivity contribution is 7.13. The van der Waals surface area contributed by atoms with E-state index in [1.807, 2.05) is 37.3 Å². The van der Waals surface area contributed by atoms with Crippen LogP contribution in [0.4, 0.5) is 0 Å². The minimum absolute atomic E-state index is 0.425. The molecule has 3 aromatic rings. The highest BCUT2D eigenvalue weighted by atomic mass is 32.1. The third-order valence-corrected chi connectivity index (χ3v) is 3.99. The second-order valence-electron chi connectivity index (χ2n) is 4.31. The molecule has 0 fully saturated rings. The smallest absolute Gasteiger partial charge is 0.152 e. The molecule has 0 atom stereocenters. The average Bonchev–Trinajstić information content (AvgIpc) is 2.96. The standard InChI is InChI=1S/C15H11N3OS/c1-9-13(19-2)6-4-10-3-5-12(18-14(9)10)15-17-11(7-16)8-20-15/h3-6,8H,1-2H3. The zero-order valence-corrected chi connectivity index (χ0v) is 11.9. The molecule has 0 spiro atoms. The van der Waals surface area contributed by atoms with Crippen molar-refractivity contribution < 1.29 is 4.74 Å². The maximum Gasteiger partial charge on any atom is 0.152 e. The van der Waals surface area contributed by atoms with Crippen LogP contribution >= 0.6 is 11.3 Å². The van der Waals surface area contributed by atoms with Crippen LogP contribution in [0.5, 0.6) is 5.75 Å². The summed E-state index contributed by atoms with van der Waals surface area (Å²) in [5, 5.41) is 12.4. The molecule has 98 valence electrons. The van der Waals surface area contributed by atoms with E-state index >= 15 is 0 Å². The molecule has 0 aliphatic carbocycles. The summed E-state index contributed by atoms with van der Waals surface area (Å²) in [6.07, 6.45) is 0. The fraction of sp³-hybridized carbons (Fsp3) is 0.133. The lowest BCUT2D eigenvalue weighted by Crippen LogP contribution is -1.92. The fourth-order valence-corrected chi connectivity index (χ4v) is 2.81. The molecule has 0 saturated carbocycles. The molecule has 0 saturated heterocycles. The lowest BCUT2D eigenvalue weighted by molar-refractivity contribution is 0.412. The Labute approximate surface area is 120 Å². The summed E-state index contributed by atoms with van der Waals surface area (Å²) in [4.78, 5) is 8.90. The molecule has 0 N–H and O–H groups in total. The highest BCUT2D eigenvalue weighted by Crippen LogP contribution is 2.29. The van der Waals surface area contributed by atoms with E-state index in [9.17, 15) is 0 Å². The molecule has 0 amide bonds. The van der Waals surface area contributed by atoms with Crippen molar-refractivity contribution in [2.75, 3.05) is 7.11 Å². The molecule has 2 heterocycles. The van der Waals surface area contributed by atoms with E-state index in [1.54, 1.807) is 12.5 Å². The summed E-state index contributed by atoms with van der Waals surface area (Å²) in [5.41, 5.74) is 3.11. The maximum absolute atomic E-state index is 8.84. The number of pyridine rings is 1. The first kappa shape index (κ1) is 12.6. The molecular formula is C15H11N3OS. The van der Waals surface area contributed by atoms with Gasteiger partial charge in [-0.15, -0.1) is 11.3 Å². The number of nitrogens with zero attached hydrogens (tertiary/aromatic N) is 3. The minimum atomic E-state index is 0.425. The quantitative estimate of drug-likeness (QED) is 0.720. The Balaban J connectivity index is 2.19. The maximum atomic E-state index is 8.84. The number of methoxy groups -OCH3 is 1. The Morgan fingerprint density at radius 3 is 2.70 bits per heavy atom. The topological polar surface area (TPSA) is 58.8 Å². The summed E-state index contributed by atoms with van der Waals surface area (Å²) < 4.78 is 5.32. The summed E-state index contributed by atoms with van der Waals surface area (Å²) >= 11 is 1.42. The van der Waals surface area contributed by atoms with Crippen LogP contribution in [0.3, 0.4) is 0 Å². The summed E-state index contributed by atoms with van der Waals surface area (Å²) in [6.45, 7) is 1.99. The van der Waals surface area contributed by atoms with Crippen LogP contribution in [0, 0.1) is 18.3 Å². The molecular weight excluding hydrogens is 270 g/mol. The molecule has 0 unspecified atom stereocenters. The Morgan fingerprint density at radius 2 is 2.00 bits per heavy atom. The van der Waals surface area contributed by atoms with Gasteiger partial charge in [0.25, 0.3) is 0 Å². The first-order valence-electron chi connectivity index (χ1n) is 6.03. The first-order chi connectivity index (χ1) is 9.72. The van der Waals surface area contributed by atoms with Crippen molar-refractivity contribution in [2.45, 2.75) is 6.92 Å². The van der Waals surface area contributed by atoms with Crippen molar-refractivity contribution in [2.24, 2.45) is 0 Å². The third kappa shape index (κ3) is 2.00. The highest BCUT2D eigenvalue weighted by Gasteiger charge is 2.10. The second kappa shape index (κ2) is 4.91. The van der Waals surface area contributed by atoms with Gasteiger partial charge in [-0.1, -0.05) is 6.07 Å². The molecule has 0 aliphatic heterocycles. The monoisotopic (exact) mass is 281 g/mol. The van der Waals surface area contributed by atoms with Crippen molar-refractivity contribution in [1.82, 2.24) is 9.97 Å². The number of aryl methyl sites for hydroxylation is 1. The van der Waals surface area contributed by atoms with Crippen molar-refractivity contribution >= 4 is 22.2 Å². The molecule has 3 rings (SSSR count). The van der Waals surface area contributed by atoms with Crippen molar-refractivity contribution in [1.29, 1.82) is 5.26 Å². The van der Waals surface area contributed by atoms with Crippen LogP contribution in [0.25, 0.3) is 21.6 Å². The molecule has 0 aliphatic rings. The van der Waals surface area contributed by atoms with E-state index in [1.165, 1.54) is 11.3 Å². The van der Waals surface area contributed by atoms with Gasteiger partial charge in [-0.05, 0) is 25.1 Å². The van der Waals surface area contributed by atoms with Gasteiger partial charge in [-0.2, -0.15) is 5.26 Å². The zero-order chi connectivity index (χ0) is 14.1. The van der Waals surface area contributed by atoms with Gasteiger partial charge in [0.1, 0.15) is 16.8 Å². The van der Waals surface area contributed by atoms with Crippen LogP contribution < -0.4 is 4.74 Å². The van der Waals surface area contributed by atoms with Gasteiger partial charge < -0.3 is 4.74 Å². The van der Waals surface area contributed by atoms with Crippen LogP contribution in [0.2, 0.25) is 0 Å². The van der Waals surface area contributed by atoms with E-state index in [0.717, 1.165) is 32.9 Å². The van der Waals surface area contributed by atoms with Gasteiger partial charge >= 0.3 is 0 Å². The van der Waals surface area contributed by atoms with Crippen LogP contribution in [0.15, 0.2) is 29.6 Å². The molecule has 0 bridgehead atoms. The number of hydrogen-bond donors (Lipinski definition) is 0. The number of aromatic nitrogens is 2. The molecule has 5 heteroatoms. The second-order valence-corrected chi connectivity index (χ2v) is 5.17. The van der Waals surface area contributed by atoms with Crippen molar-refractivity contribution in [3.05, 3.63) is 40.9 Å². The van der Waals surface area contributed by atoms with Crippen LogP contribution in [-0.2, 0) is 0 Å². The van der Waals surface area contributed by atoms with Gasteiger partial charge in [-0.25, -0.2) is 9.97 Å². The average molecular weight is 281 g/mol. The molecule has 2 aromatic heterocycles. The van der Waals surface area contributed by atoms with E-state index in [0.29, 0.717) is 5.69 Å². The van der Waals surface area contributed by atoms with Crippen molar-refractivity contribution in [3.8, 4) is 22.5 Å². The Kier molecular flexibility index (Phi) is 3.09. The van der Waals surface area contributed by atoms with Crippen LogP contribution in [0.1, 0.15) is 11.3 Å². The minimum Gasteiger partial charge on any atom is -0.496 e. The Morgan fingerprint density at radius 1 is 1.20 bits per heavy atom. The Hall–Kier alpha value is -2.45. The zero-order valence-electron chi connectivity index (χ0n) is 11.0. The fourth-order valence-electron chi connectivity index (χ4n) is 2.09. The number of hydrogen-bond acceptors (Lipinski definition) is 5. The van der Waals surface area contributed by atoms with Gasteiger partial charge in [0, 0.05) is 16.3 Å². The van der Waals surface area contributed by atoms with Crippen LogP contribution in [-0.4, -0.2) is 17.1 Å². The summed E-state index contributed by atoms with van der Waals surface area (Å²) in [6, 6.07) is 9.90. The number of fused-ring (bicyclic) bond motifs is 1. The van der Waals surface area contributed by atoms with E-state index in [-0.39, 0.29) is 0 Å². The SMILES string of the molecule is COc1ccc2ccc(-c3nc(C#N)cs3)nc2c1C. The van der Waals surface area contributed by atoms with E-state index in [4.69, 9.17) is 10.00 Å².